The van der Waals surface area contributed by atoms with Crippen LogP contribution in [0, 0.1) is 60.1 Å². The molecule has 0 bridgehead atoms. The largest absolute Gasteiger partial charge is 0.337 e. The van der Waals surface area contributed by atoms with Crippen molar-refractivity contribution < 1.29 is 126 Å². The van der Waals surface area contributed by atoms with E-state index >= 15 is 0 Å². The van der Waals surface area contributed by atoms with Crippen molar-refractivity contribution in [3.8, 4) is 0 Å². The number of allylic oxidation sites excluding steroid dienone is 14. The normalized spacial score (nSPS) is 16.7. The van der Waals surface area contributed by atoms with Gasteiger partial charge in [0.25, 0.3) is 0 Å². The summed E-state index contributed by atoms with van der Waals surface area (Å²) in [6, 6.07) is 86.8. The Hall–Kier alpha value is -9.02. The molecule has 649 valence electrons. The van der Waals surface area contributed by atoms with E-state index in [0.717, 1.165) is 62.6 Å². The first-order chi connectivity index (χ1) is 58.6. The van der Waals surface area contributed by atoms with E-state index in [0.29, 0.717) is 19.6 Å². The molecule has 0 saturated heterocycles. The van der Waals surface area contributed by atoms with Gasteiger partial charge in [-0.05, 0) is 140 Å². The van der Waals surface area contributed by atoms with Crippen LogP contribution in [0.5, 0.6) is 0 Å². The van der Waals surface area contributed by atoms with Gasteiger partial charge in [0.05, 0.1) is 36.8 Å². The molecule has 0 aliphatic carbocycles. The molecule has 10 aromatic carbocycles. The van der Waals surface area contributed by atoms with Gasteiger partial charge in [0.15, 0.2) is 0 Å². The molecule has 10 aromatic rings. The Kier molecular flexibility index (Phi) is 41.3. The standard InChI is InChI=1S/C32H34N2O.C30H34N2O.C28H32N2O.3C6H5.3C2H6.3Y/c1-21-15-16-23-17-18-27-30(24(23)19-21)32(5,6)29(34(27)20-22(2)35)14-10-13-28-31(3,4)25-11-8-9-12-26(25)33(28)7;1-21-17-18-26-24(19-21)30(5,6)28(32(26)20-22(2)33)16-10-8-9-15-27-29(3,4)23-13-11-12-14-25(23)31(27)7;1-19-15-16-24-22(17-19)28(5,6)26(30(24)18-20(2)31)14-10-13-25-27(3,4)21-11-8-9-12-23(21)29(25)7;3*1-2-4-6-5-3-1;3*1-2;;;/h8-19H,7,20H2,1-6H3;8-19H,7,20H2,1-6H3;8-17H,7,18H2,1-6H3;3*1-5H;3*1-2H3;;;/q;;;3*-1;;;;;;. The van der Waals surface area contributed by atoms with Crippen LogP contribution < -0.4 is 14.7 Å². The Morgan fingerprint density at radius 2 is 0.611 bits per heavy atom. The minimum Gasteiger partial charge on any atom is -0.337 e. The van der Waals surface area contributed by atoms with Crippen LogP contribution in [0.4, 0.5) is 34.1 Å². The molecule has 16 rings (SSSR count). The zero-order valence-electron chi connectivity index (χ0n) is 79.7. The Labute approximate surface area is 833 Å². The van der Waals surface area contributed by atoms with Crippen molar-refractivity contribution in [2.75, 3.05) is 34.3 Å². The summed E-state index contributed by atoms with van der Waals surface area (Å²) >= 11 is 0. The maximum absolute atomic E-state index is 12.3. The van der Waals surface area contributed by atoms with Gasteiger partial charge in [-0.25, -0.2) is 0 Å². The SMILES string of the molecule is CC.CC.CC.[CH2-][N+]1=C(C=CC=C2N(CC(C)=O)c3ccc(C)cc3C2(C)C)C(C)(C)c2ccccc21.[CH2-][N+]1=C(C=CC=C2N(CC(C)=O)c3ccc4ccc(C)cc4c3C2(C)C)C(C)(C)c2ccccc21.[CH2-][N+]1=C(C=CC=CC=C2N(CC(C)=O)c3ccc(C)cc3C2(C)C)C(C)(C)c2ccccc21.[Y].[Y].[Y].[c-]1ccccc1.[c-]1ccccc1.[c-]1ccccc1. The van der Waals surface area contributed by atoms with Crippen LogP contribution >= 0.6 is 0 Å². The Balaban J connectivity index is 0.000000292. The summed E-state index contributed by atoms with van der Waals surface area (Å²) in [5.74, 6) is 0.465. The van der Waals surface area contributed by atoms with E-state index in [9.17, 15) is 14.4 Å². The third-order valence-electron chi connectivity index (χ3n) is 23.2. The van der Waals surface area contributed by atoms with Crippen molar-refractivity contribution >= 4 is 79.4 Å². The number of anilines is 3. The second kappa shape index (κ2) is 48.4. The first kappa shape index (κ1) is 108. The van der Waals surface area contributed by atoms with E-state index in [1.807, 2.05) is 146 Å². The molecule has 126 heavy (non-hydrogen) atoms. The Bertz CT molecular complexity index is 5530. The average Bonchev–Trinajstić information content (AvgIpc) is 1.56. The number of carbonyl (C=O) groups is 3. The number of rotatable bonds is 13. The number of hydrogen-bond acceptors (Lipinski definition) is 6. The molecule has 0 spiro atoms. The molecular weight excluding hydrogens is 1770 g/mol. The molecule has 6 heterocycles. The molecule has 12 heteroatoms. The number of carbonyl (C=O) groups excluding carboxylic acids is 3. The van der Waals surface area contributed by atoms with Crippen LogP contribution in [-0.2, 0) is 145 Å². The smallest absolute Gasteiger partial charge is 0.149 e. The van der Waals surface area contributed by atoms with Gasteiger partial charge >= 0.3 is 0 Å². The van der Waals surface area contributed by atoms with E-state index in [1.165, 1.54) is 66.6 Å². The molecular formula is C114H133N6O3Y3-3. The first-order valence-corrected chi connectivity index (χ1v) is 43.5. The third kappa shape index (κ3) is 24.7. The summed E-state index contributed by atoms with van der Waals surface area (Å²) in [6.07, 6.45) is 23.4. The maximum atomic E-state index is 12.3. The van der Waals surface area contributed by atoms with E-state index in [2.05, 4.69) is 364 Å². The zero-order valence-corrected chi connectivity index (χ0v) is 88.2. The van der Waals surface area contributed by atoms with Crippen molar-refractivity contribution in [3.63, 3.8) is 0 Å². The molecule has 0 unspecified atom stereocenters. The predicted molar refractivity (Wildman–Crippen MR) is 524 cm³/mol. The second-order valence-electron chi connectivity index (χ2n) is 34.2. The van der Waals surface area contributed by atoms with E-state index in [-0.39, 0.29) is 148 Å². The molecule has 9 nitrogen and oxygen atoms in total. The van der Waals surface area contributed by atoms with Crippen molar-refractivity contribution in [2.24, 2.45) is 0 Å². The topological polar surface area (TPSA) is 70.0 Å². The van der Waals surface area contributed by atoms with Crippen LogP contribution in [0.1, 0.15) is 195 Å². The van der Waals surface area contributed by atoms with Crippen LogP contribution in [0.2, 0.25) is 0 Å². The summed E-state index contributed by atoms with van der Waals surface area (Å²) in [6.45, 7) is 51.4. The van der Waals surface area contributed by atoms with E-state index < -0.39 is 0 Å². The summed E-state index contributed by atoms with van der Waals surface area (Å²) in [7, 11) is 12.9. The van der Waals surface area contributed by atoms with Gasteiger partial charge in [0.1, 0.15) is 34.4 Å². The van der Waals surface area contributed by atoms with Gasteiger partial charge in [-0.2, -0.15) is 109 Å². The van der Waals surface area contributed by atoms with Crippen molar-refractivity contribution in [1.29, 1.82) is 0 Å². The molecule has 0 amide bonds. The minimum absolute atomic E-state index is 0. The molecule has 6 aliphatic heterocycles. The van der Waals surface area contributed by atoms with Gasteiger partial charge in [-0.15, -0.1) is 0 Å². The molecule has 0 N–H and O–H groups in total. The van der Waals surface area contributed by atoms with E-state index in [4.69, 9.17) is 0 Å². The summed E-state index contributed by atoms with van der Waals surface area (Å²) in [5.41, 5.74) is 24.3. The van der Waals surface area contributed by atoms with E-state index in [1.54, 1.807) is 20.8 Å². The number of Topliss-reactive ketones (excluding diaryl/α,β-unsaturated/α-hetero) is 3. The first-order valence-electron chi connectivity index (χ1n) is 43.5. The average molecular weight is 1900 g/mol. The van der Waals surface area contributed by atoms with Crippen molar-refractivity contribution in [2.45, 2.75) is 199 Å². The molecule has 3 radical (unpaired) electrons. The van der Waals surface area contributed by atoms with Gasteiger partial charge in [-0.3, -0.25) is 14.4 Å². The number of benzene rings is 10. The van der Waals surface area contributed by atoms with Gasteiger partial charge in [-0.1, -0.05) is 293 Å². The van der Waals surface area contributed by atoms with Gasteiger partial charge in [0, 0.05) is 186 Å². The fourth-order valence-electron chi connectivity index (χ4n) is 17.2. The van der Waals surface area contributed by atoms with Crippen LogP contribution in [0.25, 0.3) is 10.8 Å². The second-order valence-corrected chi connectivity index (χ2v) is 34.2. The minimum atomic E-state index is -0.245. The van der Waals surface area contributed by atoms with Gasteiger partial charge < -0.3 is 28.4 Å². The molecule has 0 aromatic heterocycles. The maximum Gasteiger partial charge on any atom is 0.149 e. The van der Waals surface area contributed by atoms with Crippen molar-refractivity contribution in [3.05, 3.63) is 404 Å². The van der Waals surface area contributed by atoms with Gasteiger partial charge in [0.2, 0.25) is 0 Å². The predicted octanol–water partition coefficient (Wildman–Crippen LogP) is 27.2. The monoisotopic (exact) mass is 1900 g/mol. The summed E-state index contributed by atoms with van der Waals surface area (Å²) in [5, 5.41) is 2.50. The molecule has 0 saturated carbocycles. The van der Waals surface area contributed by atoms with Crippen LogP contribution in [0.3, 0.4) is 0 Å². The quantitative estimate of drug-likeness (QED) is 0.0651. The molecule has 0 fully saturated rings. The molecule has 6 aliphatic rings. The van der Waals surface area contributed by atoms with Crippen LogP contribution in [-0.4, -0.2) is 67.8 Å². The number of aryl methyl sites for hydroxylation is 3. The number of para-hydroxylation sites is 3. The van der Waals surface area contributed by atoms with Crippen LogP contribution in [0.15, 0.2) is 314 Å². The summed E-state index contributed by atoms with van der Waals surface area (Å²) < 4.78 is 6.11. The van der Waals surface area contributed by atoms with Crippen molar-refractivity contribution in [1.82, 2.24) is 0 Å². The summed E-state index contributed by atoms with van der Waals surface area (Å²) in [4.78, 5) is 42.9. The molecule has 0 atom stereocenters. The fraction of sp³-hybridized carbons (Fsp3) is 0.289. The zero-order chi connectivity index (χ0) is 90.4. The number of fused-ring (bicyclic) bond motifs is 8. The number of nitrogens with zero attached hydrogens (tertiary/aromatic N) is 6. The Morgan fingerprint density at radius 3 is 0.929 bits per heavy atom. The fourth-order valence-corrected chi connectivity index (χ4v) is 17.2. The number of ketones is 3. The third-order valence-corrected chi connectivity index (χ3v) is 23.2. The number of hydrogen-bond donors (Lipinski definition) is 0. The Morgan fingerprint density at radius 1 is 0.325 bits per heavy atom.